The van der Waals surface area contributed by atoms with Crippen LogP contribution in [0.2, 0.25) is 5.02 Å². The molecule has 3 heterocycles. The number of fused-ring (bicyclic) bond motifs is 1. The Labute approximate surface area is 189 Å². The minimum atomic E-state index is -0.670. The zero-order valence-corrected chi connectivity index (χ0v) is 17.9. The van der Waals surface area contributed by atoms with E-state index in [0.717, 1.165) is 0 Å². The Morgan fingerprint density at radius 2 is 1.66 bits per heavy atom. The lowest BCUT2D eigenvalue weighted by molar-refractivity contribution is -0.141. The number of anilines is 1. The van der Waals surface area contributed by atoms with Crippen molar-refractivity contribution in [3.8, 4) is 17.2 Å². The number of nitrogens with zero attached hydrogens (tertiary/aromatic N) is 4. The van der Waals surface area contributed by atoms with E-state index in [1.54, 1.807) is 29.3 Å². The number of aromatic nitrogens is 2. The highest BCUT2D eigenvalue weighted by molar-refractivity contribution is 6.33. The van der Waals surface area contributed by atoms with Crippen LogP contribution in [-0.4, -0.2) is 59.5 Å². The number of amides is 1. The van der Waals surface area contributed by atoms with E-state index in [0.29, 0.717) is 49.1 Å². The maximum Gasteiger partial charge on any atom is 0.292 e. The van der Waals surface area contributed by atoms with Crippen molar-refractivity contribution in [2.75, 3.05) is 37.7 Å². The molecule has 1 fully saturated rings. The molecular formula is C23H21ClN4O4. The number of ether oxygens (including phenoxy) is 2. The van der Waals surface area contributed by atoms with Gasteiger partial charge in [0.05, 0.1) is 17.6 Å². The van der Waals surface area contributed by atoms with Crippen LogP contribution >= 0.6 is 11.6 Å². The summed E-state index contributed by atoms with van der Waals surface area (Å²) < 4.78 is 12.8. The molecule has 2 aliphatic rings. The maximum atomic E-state index is 12.9. The fourth-order valence-corrected chi connectivity index (χ4v) is 4.16. The molecule has 0 spiro atoms. The molecule has 8 nitrogen and oxygen atoms in total. The van der Waals surface area contributed by atoms with E-state index < -0.39 is 6.10 Å². The summed E-state index contributed by atoms with van der Waals surface area (Å²) in [6, 6.07) is 16.4. The Bertz CT molecular complexity index is 1190. The first kappa shape index (κ1) is 20.4. The van der Waals surface area contributed by atoms with Crippen LogP contribution in [0.15, 0.2) is 65.6 Å². The highest BCUT2D eigenvalue weighted by Gasteiger charge is 2.33. The Morgan fingerprint density at radius 1 is 0.969 bits per heavy atom. The molecule has 1 saturated heterocycles. The summed E-state index contributed by atoms with van der Waals surface area (Å²) in [7, 11) is 0. The van der Waals surface area contributed by atoms with Crippen LogP contribution in [0.5, 0.6) is 11.5 Å². The van der Waals surface area contributed by atoms with Crippen LogP contribution in [0.25, 0.3) is 5.69 Å². The molecular weight excluding hydrogens is 432 g/mol. The zero-order chi connectivity index (χ0) is 22.1. The summed E-state index contributed by atoms with van der Waals surface area (Å²) in [4.78, 5) is 29.4. The summed E-state index contributed by atoms with van der Waals surface area (Å²) in [5, 5.41) is 4.41. The largest absolute Gasteiger partial charge is 0.485 e. The van der Waals surface area contributed by atoms with Gasteiger partial charge in [0.1, 0.15) is 11.6 Å². The van der Waals surface area contributed by atoms with E-state index in [2.05, 4.69) is 5.10 Å². The average molecular weight is 453 g/mol. The van der Waals surface area contributed by atoms with Gasteiger partial charge in [0.15, 0.2) is 11.5 Å². The third kappa shape index (κ3) is 3.78. The minimum absolute atomic E-state index is 0.108. The molecule has 0 aliphatic carbocycles. The molecule has 3 aromatic rings. The lowest BCUT2D eigenvalue weighted by Crippen LogP contribution is -2.54. The summed E-state index contributed by atoms with van der Waals surface area (Å²) in [6.07, 6.45) is 0.931. The molecule has 5 rings (SSSR count). The third-order valence-electron chi connectivity index (χ3n) is 5.62. The molecule has 1 aromatic heterocycles. The molecule has 0 radical (unpaired) electrons. The zero-order valence-electron chi connectivity index (χ0n) is 17.2. The van der Waals surface area contributed by atoms with E-state index >= 15 is 0 Å². The number of para-hydroxylation sites is 3. The summed E-state index contributed by atoms with van der Waals surface area (Å²) in [5.74, 6) is 1.11. The Hall–Kier alpha value is -3.52. The summed E-state index contributed by atoms with van der Waals surface area (Å²) in [5.41, 5.74) is 0.847. The average Bonchev–Trinajstić information content (AvgIpc) is 2.85. The summed E-state index contributed by atoms with van der Waals surface area (Å²) in [6.45, 7) is 2.22. The van der Waals surface area contributed by atoms with Crippen molar-refractivity contribution >= 4 is 23.2 Å². The maximum absolute atomic E-state index is 12.9. The highest BCUT2D eigenvalue weighted by atomic mass is 35.5. The third-order valence-corrected chi connectivity index (χ3v) is 5.97. The van der Waals surface area contributed by atoms with Gasteiger partial charge in [0.25, 0.3) is 11.5 Å². The van der Waals surface area contributed by atoms with Crippen LogP contribution in [0.3, 0.4) is 0 Å². The predicted octanol–water partition coefficient (Wildman–Crippen LogP) is 2.37. The van der Waals surface area contributed by atoms with E-state index in [1.807, 2.05) is 41.3 Å². The minimum Gasteiger partial charge on any atom is -0.485 e. The van der Waals surface area contributed by atoms with Gasteiger partial charge in [0, 0.05) is 26.2 Å². The van der Waals surface area contributed by atoms with Crippen LogP contribution in [0, 0.1) is 0 Å². The second-order valence-electron chi connectivity index (χ2n) is 7.57. The van der Waals surface area contributed by atoms with Gasteiger partial charge in [-0.1, -0.05) is 41.9 Å². The van der Waals surface area contributed by atoms with E-state index in [9.17, 15) is 9.59 Å². The predicted molar refractivity (Wildman–Crippen MR) is 120 cm³/mol. The lowest BCUT2D eigenvalue weighted by atomic mass is 10.2. The van der Waals surface area contributed by atoms with Crippen molar-refractivity contribution in [1.82, 2.24) is 14.7 Å². The summed E-state index contributed by atoms with van der Waals surface area (Å²) >= 11 is 6.42. The van der Waals surface area contributed by atoms with E-state index in [-0.39, 0.29) is 23.1 Å². The molecule has 0 saturated carbocycles. The van der Waals surface area contributed by atoms with Gasteiger partial charge in [-0.25, -0.2) is 0 Å². The fraction of sp³-hybridized carbons (Fsp3) is 0.261. The van der Waals surface area contributed by atoms with Crippen molar-refractivity contribution in [3.05, 3.63) is 76.2 Å². The van der Waals surface area contributed by atoms with Crippen LogP contribution in [-0.2, 0) is 4.79 Å². The van der Waals surface area contributed by atoms with Gasteiger partial charge in [0.2, 0.25) is 6.10 Å². The first-order valence-electron chi connectivity index (χ1n) is 10.4. The number of hydrogen-bond donors (Lipinski definition) is 0. The van der Waals surface area contributed by atoms with Crippen LogP contribution in [0.1, 0.15) is 0 Å². The number of carbonyl (C=O) groups is 1. The Kier molecular flexibility index (Phi) is 5.45. The van der Waals surface area contributed by atoms with Crippen LogP contribution in [0.4, 0.5) is 5.69 Å². The van der Waals surface area contributed by atoms with Gasteiger partial charge < -0.3 is 19.3 Å². The smallest absolute Gasteiger partial charge is 0.292 e. The van der Waals surface area contributed by atoms with Gasteiger partial charge >= 0.3 is 0 Å². The van der Waals surface area contributed by atoms with Crippen molar-refractivity contribution in [3.63, 3.8) is 0 Å². The second-order valence-corrected chi connectivity index (χ2v) is 7.95. The number of carbonyl (C=O) groups excluding carboxylic acids is 1. The highest BCUT2D eigenvalue weighted by Crippen LogP contribution is 2.31. The molecule has 9 heteroatoms. The molecule has 164 valence electrons. The van der Waals surface area contributed by atoms with Gasteiger partial charge in [-0.15, -0.1) is 0 Å². The Balaban J connectivity index is 1.26. The van der Waals surface area contributed by atoms with Gasteiger partial charge in [-0.2, -0.15) is 9.78 Å². The SMILES string of the molecule is O=C([C@@H]1COc2ccccc2O1)N1CCN(c2cnn(-c3ccccc3)c(=O)c2Cl)CC1. The molecule has 0 unspecified atom stereocenters. The normalized spacial score (nSPS) is 17.8. The molecule has 0 bridgehead atoms. The molecule has 2 aromatic carbocycles. The fourth-order valence-electron chi connectivity index (χ4n) is 3.91. The van der Waals surface area contributed by atoms with Gasteiger partial charge in [-0.3, -0.25) is 9.59 Å². The van der Waals surface area contributed by atoms with Crippen molar-refractivity contribution in [2.45, 2.75) is 6.10 Å². The second kappa shape index (κ2) is 8.55. The molecule has 2 aliphatic heterocycles. The van der Waals surface area contributed by atoms with Crippen molar-refractivity contribution in [2.24, 2.45) is 0 Å². The van der Waals surface area contributed by atoms with E-state index in [4.69, 9.17) is 21.1 Å². The van der Waals surface area contributed by atoms with Crippen molar-refractivity contribution in [1.29, 1.82) is 0 Å². The molecule has 0 N–H and O–H groups in total. The number of hydrogen-bond acceptors (Lipinski definition) is 6. The number of benzene rings is 2. The Morgan fingerprint density at radius 3 is 2.41 bits per heavy atom. The van der Waals surface area contributed by atoms with Crippen LogP contribution < -0.4 is 19.9 Å². The topological polar surface area (TPSA) is 76.9 Å². The first-order chi connectivity index (χ1) is 15.6. The van der Waals surface area contributed by atoms with Crippen molar-refractivity contribution < 1.29 is 14.3 Å². The molecule has 1 amide bonds. The first-order valence-corrected chi connectivity index (χ1v) is 10.7. The number of halogens is 1. The molecule has 1 atom stereocenters. The quantitative estimate of drug-likeness (QED) is 0.607. The lowest BCUT2D eigenvalue weighted by Gasteiger charge is -2.38. The standard InChI is InChI=1S/C23H21ClN4O4/c24-21-17(14-25-28(23(21)30)16-6-2-1-3-7-16)26-10-12-27(13-11-26)22(29)20-15-31-18-8-4-5-9-19(18)32-20/h1-9,14,20H,10-13,15H2/t20-/m0/s1. The number of piperazine rings is 1. The van der Waals surface area contributed by atoms with Gasteiger partial charge in [-0.05, 0) is 24.3 Å². The van der Waals surface area contributed by atoms with E-state index in [1.165, 1.54) is 4.68 Å². The molecule has 32 heavy (non-hydrogen) atoms. The number of rotatable bonds is 3. The monoisotopic (exact) mass is 452 g/mol.